The van der Waals surface area contributed by atoms with E-state index in [1.165, 1.54) is 77.4 Å². The predicted molar refractivity (Wildman–Crippen MR) is 81.4 cm³/mol. The third-order valence-corrected chi connectivity index (χ3v) is 5.76. The van der Waals surface area contributed by atoms with Gasteiger partial charge >= 0.3 is 0 Å². The summed E-state index contributed by atoms with van der Waals surface area (Å²) >= 11 is 0. The number of piperidine rings is 1. The highest BCUT2D eigenvalue weighted by Crippen LogP contribution is 2.32. The third kappa shape index (κ3) is 3.52. The van der Waals surface area contributed by atoms with Gasteiger partial charge in [0.15, 0.2) is 0 Å². The van der Waals surface area contributed by atoms with E-state index in [1.807, 2.05) is 0 Å². The first kappa shape index (κ1) is 13.9. The van der Waals surface area contributed by atoms with Gasteiger partial charge in [-0.1, -0.05) is 26.2 Å². The molecule has 0 aromatic carbocycles. The van der Waals surface area contributed by atoms with E-state index in [0.29, 0.717) is 0 Å². The van der Waals surface area contributed by atoms with Crippen LogP contribution in [0.2, 0.25) is 0 Å². The molecule has 0 aromatic rings. The highest BCUT2D eigenvalue weighted by atomic mass is 15.2. The van der Waals surface area contributed by atoms with Crippen molar-refractivity contribution in [2.45, 2.75) is 76.8 Å². The fourth-order valence-corrected chi connectivity index (χ4v) is 4.80. The molecule has 110 valence electrons. The Labute approximate surface area is 119 Å². The Balaban J connectivity index is 1.56. The second-order valence-electron chi connectivity index (χ2n) is 7.40. The molecule has 1 N–H and O–H groups in total. The fraction of sp³-hybridized carbons (Fsp3) is 1.00. The number of hydrogen-bond donors (Lipinski definition) is 1. The van der Waals surface area contributed by atoms with E-state index in [-0.39, 0.29) is 0 Å². The van der Waals surface area contributed by atoms with Crippen LogP contribution in [0.1, 0.15) is 64.7 Å². The van der Waals surface area contributed by atoms with Gasteiger partial charge in [-0.2, -0.15) is 0 Å². The van der Waals surface area contributed by atoms with Gasteiger partial charge in [-0.15, -0.1) is 0 Å². The van der Waals surface area contributed by atoms with Crippen molar-refractivity contribution >= 4 is 0 Å². The Morgan fingerprint density at radius 2 is 1.95 bits per heavy atom. The molecule has 4 unspecified atom stereocenters. The molecule has 2 heteroatoms. The molecule has 19 heavy (non-hydrogen) atoms. The van der Waals surface area contributed by atoms with E-state index in [1.54, 1.807) is 0 Å². The lowest BCUT2D eigenvalue weighted by Crippen LogP contribution is -2.51. The molecule has 2 aliphatic heterocycles. The molecule has 3 rings (SSSR count). The number of hydrogen-bond acceptors (Lipinski definition) is 2. The molecule has 0 amide bonds. The maximum Gasteiger partial charge on any atom is 0.0249 e. The minimum Gasteiger partial charge on any atom is -0.312 e. The number of nitrogens with one attached hydrogen (secondary N) is 1. The van der Waals surface area contributed by atoms with Crippen molar-refractivity contribution in [2.24, 2.45) is 11.8 Å². The molecule has 1 aliphatic carbocycles. The molecule has 0 spiro atoms. The quantitative estimate of drug-likeness (QED) is 0.840. The van der Waals surface area contributed by atoms with Crippen molar-refractivity contribution in [2.75, 3.05) is 19.6 Å². The molecule has 2 heterocycles. The SMILES string of the molecule is CC1CCCC(CN2CCCCC2C2CCCN2)C1. The van der Waals surface area contributed by atoms with Crippen molar-refractivity contribution in [1.29, 1.82) is 0 Å². The Morgan fingerprint density at radius 1 is 1.00 bits per heavy atom. The molecule has 3 aliphatic rings. The van der Waals surface area contributed by atoms with Crippen LogP contribution in [0.5, 0.6) is 0 Å². The summed E-state index contributed by atoms with van der Waals surface area (Å²) in [6.07, 6.45) is 13.1. The summed E-state index contributed by atoms with van der Waals surface area (Å²) in [5.74, 6) is 1.97. The Bertz CT molecular complexity index is 272. The lowest BCUT2D eigenvalue weighted by atomic mass is 9.81. The molecule has 2 saturated heterocycles. The summed E-state index contributed by atoms with van der Waals surface area (Å²) in [6.45, 7) is 6.48. The monoisotopic (exact) mass is 264 g/mol. The summed E-state index contributed by atoms with van der Waals surface area (Å²) < 4.78 is 0. The first-order chi connectivity index (χ1) is 9.33. The van der Waals surface area contributed by atoms with Gasteiger partial charge in [0, 0.05) is 18.6 Å². The van der Waals surface area contributed by atoms with Gasteiger partial charge < -0.3 is 5.32 Å². The zero-order valence-electron chi connectivity index (χ0n) is 12.7. The minimum absolute atomic E-state index is 0.807. The van der Waals surface area contributed by atoms with E-state index < -0.39 is 0 Å². The second-order valence-corrected chi connectivity index (χ2v) is 7.40. The Hall–Kier alpha value is -0.0800. The topological polar surface area (TPSA) is 15.3 Å². The normalized spacial score (nSPS) is 41.5. The maximum atomic E-state index is 3.76. The van der Waals surface area contributed by atoms with Crippen LogP contribution in [0.4, 0.5) is 0 Å². The zero-order chi connectivity index (χ0) is 13.1. The van der Waals surface area contributed by atoms with Gasteiger partial charge in [0.25, 0.3) is 0 Å². The van der Waals surface area contributed by atoms with E-state index >= 15 is 0 Å². The van der Waals surface area contributed by atoms with Crippen molar-refractivity contribution < 1.29 is 0 Å². The standard InChI is InChI=1S/C17H32N2/c1-14-6-4-7-15(12-14)13-19-11-3-2-9-17(19)16-8-5-10-18-16/h14-18H,2-13H2,1H3. The van der Waals surface area contributed by atoms with Crippen LogP contribution in [0, 0.1) is 11.8 Å². The summed E-state index contributed by atoms with van der Waals surface area (Å²) in [4.78, 5) is 2.87. The van der Waals surface area contributed by atoms with Crippen molar-refractivity contribution in [3.63, 3.8) is 0 Å². The van der Waals surface area contributed by atoms with Crippen LogP contribution < -0.4 is 5.32 Å². The second kappa shape index (κ2) is 6.58. The molecule has 0 aromatic heterocycles. The molecule has 0 radical (unpaired) electrons. The van der Waals surface area contributed by atoms with Crippen molar-refractivity contribution in [1.82, 2.24) is 10.2 Å². The van der Waals surface area contributed by atoms with Gasteiger partial charge in [0.05, 0.1) is 0 Å². The fourth-order valence-electron chi connectivity index (χ4n) is 4.80. The Kier molecular flexibility index (Phi) is 4.81. The maximum absolute atomic E-state index is 3.76. The molecule has 0 bridgehead atoms. The van der Waals surface area contributed by atoms with Crippen molar-refractivity contribution in [3.05, 3.63) is 0 Å². The first-order valence-electron chi connectivity index (χ1n) is 8.80. The van der Waals surface area contributed by atoms with E-state index in [2.05, 4.69) is 17.1 Å². The third-order valence-electron chi connectivity index (χ3n) is 5.76. The largest absolute Gasteiger partial charge is 0.312 e. The van der Waals surface area contributed by atoms with Crippen molar-refractivity contribution in [3.8, 4) is 0 Å². The average Bonchev–Trinajstić information content (AvgIpc) is 2.93. The van der Waals surface area contributed by atoms with E-state index in [9.17, 15) is 0 Å². The molecular formula is C17H32N2. The highest BCUT2D eigenvalue weighted by Gasteiger charge is 2.33. The Morgan fingerprint density at radius 3 is 2.74 bits per heavy atom. The van der Waals surface area contributed by atoms with Crippen LogP contribution in [0.15, 0.2) is 0 Å². The minimum atomic E-state index is 0.807. The van der Waals surface area contributed by atoms with Gasteiger partial charge in [0.2, 0.25) is 0 Å². The van der Waals surface area contributed by atoms with E-state index in [4.69, 9.17) is 0 Å². The van der Waals surface area contributed by atoms with Gasteiger partial charge in [-0.25, -0.2) is 0 Å². The molecule has 1 saturated carbocycles. The average molecular weight is 264 g/mol. The lowest BCUT2D eigenvalue weighted by molar-refractivity contribution is 0.0854. The van der Waals surface area contributed by atoms with Gasteiger partial charge in [-0.05, 0) is 63.5 Å². The summed E-state index contributed by atoms with van der Waals surface area (Å²) in [5, 5.41) is 3.76. The van der Waals surface area contributed by atoms with Crippen LogP contribution in [0.25, 0.3) is 0 Å². The molecule has 4 atom stereocenters. The van der Waals surface area contributed by atoms with Crippen LogP contribution in [-0.4, -0.2) is 36.6 Å². The smallest absolute Gasteiger partial charge is 0.0249 e. The van der Waals surface area contributed by atoms with Crippen LogP contribution >= 0.6 is 0 Å². The van der Waals surface area contributed by atoms with Gasteiger partial charge in [-0.3, -0.25) is 4.90 Å². The molecule has 2 nitrogen and oxygen atoms in total. The summed E-state index contributed by atoms with van der Waals surface area (Å²) in [7, 11) is 0. The highest BCUT2D eigenvalue weighted by molar-refractivity contribution is 4.91. The summed E-state index contributed by atoms with van der Waals surface area (Å²) in [5.41, 5.74) is 0. The number of nitrogens with zero attached hydrogens (tertiary/aromatic N) is 1. The lowest BCUT2D eigenvalue weighted by Gasteiger charge is -2.42. The molecular weight excluding hydrogens is 232 g/mol. The number of likely N-dealkylation sites (tertiary alicyclic amines) is 1. The van der Waals surface area contributed by atoms with E-state index in [0.717, 1.165) is 23.9 Å². The molecule has 3 fully saturated rings. The number of rotatable bonds is 3. The zero-order valence-corrected chi connectivity index (χ0v) is 12.7. The van der Waals surface area contributed by atoms with Gasteiger partial charge in [0.1, 0.15) is 0 Å². The predicted octanol–water partition coefficient (Wildman–Crippen LogP) is 3.42. The summed E-state index contributed by atoms with van der Waals surface area (Å²) in [6, 6.07) is 1.66. The van der Waals surface area contributed by atoms with Crippen LogP contribution in [0.3, 0.4) is 0 Å². The van der Waals surface area contributed by atoms with Crippen LogP contribution in [-0.2, 0) is 0 Å². The first-order valence-corrected chi connectivity index (χ1v) is 8.80.